The highest BCUT2D eigenvalue weighted by Gasteiger charge is 2.30. The second-order valence-corrected chi connectivity index (χ2v) is 6.74. The Balaban J connectivity index is 1.57. The largest absolute Gasteiger partial charge is 0.486 e. The third-order valence-electron chi connectivity index (χ3n) is 5.07. The van der Waals surface area contributed by atoms with Gasteiger partial charge in [-0.2, -0.15) is 0 Å². The van der Waals surface area contributed by atoms with Crippen LogP contribution in [0.25, 0.3) is 0 Å². The van der Waals surface area contributed by atoms with Gasteiger partial charge in [0.2, 0.25) is 5.91 Å². The summed E-state index contributed by atoms with van der Waals surface area (Å²) in [5.74, 6) is 1.47. The number of nitrogens with one attached hydrogen (secondary N) is 1. The van der Waals surface area contributed by atoms with E-state index in [9.17, 15) is 9.59 Å². The van der Waals surface area contributed by atoms with Gasteiger partial charge in [-0.25, -0.2) is 0 Å². The molecule has 0 aromatic heterocycles. The number of rotatable bonds is 6. The highest BCUT2D eigenvalue weighted by molar-refractivity contribution is 5.98. The van der Waals surface area contributed by atoms with Crippen LogP contribution >= 0.6 is 0 Å². The van der Waals surface area contributed by atoms with Crippen LogP contribution in [0.1, 0.15) is 30.1 Å². The molecule has 0 unspecified atom stereocenters. The topological polar surface area (TPSA) is 67.9 Å². The highest BCUT2D eigenvalue weighted by atomic mass is 16.6. The Bertz CT molecular complexity index is 680. The number of fused-ring (bicyclic) bond motifs is 1. The monoisotopic (exact) mass is 358 g/mol. The molecule has 2 heterocycles. The molecule has 1 N–H and O–H groups in total. The fraction of sp³-hybridized carbons (Fsp3) is 0.500. The average Bonchev–Trinajstić information content (AvgIpc) is 2.70. The number of carbonyl (C=O) groups is 2. The number of ether oxygens (including phenoxy) is 2. The van der Waals surface area contributed by atoms with Gasteiger partial charge in [0.05, 0.1) is 6.04 Å². The zero-order valence-corrected chi connectivity index (χ0v) is 15.2. The summed E-state index contributed by atoms with van der Waals surface area (Å²) in [5.41, 5.74) is 0.671. The standard InChI is InChI=1S/C20H26N2O4/c1-3-8-21-20(24)14(2)22-9-6-15(7-10-22)19(23)16-4-5-17-18(13-16)26-12-11-25-17/h3-5,13-15H,1,6-12H2,2H3,(H,21,24)/t14-/m1/s1. The second-order valence-electron chi connectivity index (χ2n) is 6.74. The van der Waals surface area contributed by atoms with E-state index in [1.807, 2.05) is 19.1 Å². The van der Waals surface area contributed by atoms with Crippen LogP contribution in [0.4, 0.5) is 0 Å². The van der Waals surface area contributed by atoms with Gasteiger partial charge in [0, 0.05) is 18.0 Å². The van der Waals surface area contributed by atoms with Gasteiger partial charge in [-0.15, -0.1) is 6.58 Å². The van der Waals surface area contributed by atoms with Crippen molar-refractivity contribution in [3.05, 3.63) is 36.4 Å². The molecule has 2 aliphatic heterocycles. The quantitative estimate of drug-likeness (QED) is 0.623. The van der Waals surface area contributed by atoms with Gasteiger partial charge in [-0.1, -0.05) is 6.08 Å². The van der Waals surface area contributed by atoms with Crippen molar-refractivity contribution in [1.82, 2.24) is 10.2 Å². The Labute approximate surface area is 154 Å². The lowest BCUT2D eigenvalue weighted by Gasteiger charge is -2.34. The van der Waals surface area contributed by atoms with Gasteiger partial charge in [-0.05, 0) is 51.1 Å². The first-order chi connectivity index (χ1) is 12.6. The van der Waals surface area contributed by atoms with Crippen molar-refractivity contribution in [2.75, 3.05) is 32.8 Å². The Morgan fingerprint density at radius 1 is 1.27 bits per heavy atom. The number of Topliss-reactive ketones (excluding diaryl/α,β-unsaturated/α-hetero) is 1. The maximum Gasteiger partial charge on any atom is 0.237 e. The minimum absolute atomic E-state index is 0.00140. The van der Waals surface area contributed by atoms with Crippen molar-refractivity contribution in [1.29, 1.82) is 0 Å². The van der Waals surface area contributed by atoms with Crippen LogP contribution in [0.15, 0.2) is 30.9 Å². The number of benzene rings is 1. The fourth-order valence-electron chi connectivity index (χ4n) is 3.47. The number of hydrogen-bond acceptors (Lipinski definition) is 5. The number of carbonyl (C=O) groups excluding carboxylic acids is 2. The predicted molar refractivity (Wildman–Crippen MR) is 98.7 cm³/mol. The van der Waals surface area contributed by atoms with Gasteiger partial charge < -0.3 is 14.8 Å². The molecule has 140 valence electrons. The lowest BCUT2D eigenvalue weighted by atomic mass is 9.88. The van der Waals surface area contributed by atoms with E-state index in [-0.39, 0.29) is 23.7 Å². The zero-order valence-electron chi connectivity index (χ0n) is 15.2. The van der Waals surface area contributed by atoms with Gasteiger partial charge in [-0.3, -0.25) is 14.5 Å². The van der Waals surface area contributed by atoms with Crippen LogP contribution in [-0.4, -0.2) is 55.5 Å². The second kappa shape index (κ2) is 8.36. The van der Waals surface area contributed by atoms with Crippen molar-refractivity contribution in [2.45, 2.75) is 25.8 Å². The first-order valence-electron chi connectivity index (χ1n) is 9.16. The van der Waals surface area contributed by atoms with E-state index in [0.29, 0.717) is 36.8 Å². The summed E-state index contributed by atoms with van der Waals surface area (Å²) in [7, 11) is 0. The summed E-state index contributed by atoms with van der Waals surface area (Å²) in [4.78, 5) is 27.0. The third kappa shape index (κ3) is 4.07. The molecule has 0 spiro atoms. The maximum absolute atomic E-state index is 12.8. The molecule has 6 nitrogen and oxygen atoms in total. The minimum Gasteiger partial charge on any atom is -0.486 e. The van der Waals surface area contributed by atoms with Gasteiger partial charge in [0.1, 0.15) is 13.2 Å². The molecule has 1 amide bonds. The molecule has 26 heavy (non-hydrogen) atoms. The molecule has 0 saturated carbocycles. The van der Waals surface area contributed by atoms with Crippen LogP contribution in [0.5, 0.6) is 11.5 Å². The van der Waals surface area contributed by atoms with Crippen LogP contribution in [0.3, 0.4) is 0 Å². The number of nitrogens with zero attached hydrogens (tertiary/aromatic N) is 1. The molecule has 0 aliphatic carbocycles. The SMILES string of the molecule is C=CCNC(=O)[C@@H](C)N1CCC(C(=O)c2ccc3c(c2)OCCO3)CC1. The number of hydrogen-bond donors (Lipinski definition) is 1. The van der Waals surface area contributed by atoms with E-state index in [0.717, 1.165) is 25.9 Å². The van der Waals surface area contributed by atoms with Gasteiger partial charge in [0.15, 0.2) is 17.3 Å². The first kappa shape index (κ1) is 18.5. The minimum atomic E-state index is -0.194. The molecular formula is C20H26N2O4. The lowest BCUT2D eigenvalue weighted by molar-refractivity contribution is -0.126. The summed E-state index contributed by atoms with van der Waals surface area (Å²) >= 11 is 0. The maximum atomic E-state index is 12.8. The number of piperidine rings is 1. The van der Waals surface area contributed by atoms with Crippen LogP contribution in [0, 0.1) is 5.92 Å². The normalized spacial score (nSPS) is 18.8. The number of amides is 1. The Morgan fingerprint density at radius 2 is 1.96 bits per heavy atom. The summed E-state index contributed by atoms with van der Waals surface area (Å²) in [6.07, 6.45) is 3.18. The molecule has 1 aromatic carbocycles. The molecule has 1 saturated heterocycles. The van der Waals surface area contributed by atoms with E-state index < -0.39 is 0 Å². The predicted octanol–water partition coefficient (Wildman–Crippen LogP) is 2.04. The van der Waals surface area contributed by atoms with E-state index in [4.69, 9.17) is 9.47 Å². The smallest absolute Gasteiger partial charge is 0.237 e. The van der Waals surface area contributed by atoms with Gasteiger partial charge in [0.25, 0.3) is 0 Å². The molecule has 3 rings (SSSR count). The van der Waals surface area contributed by atoms with Crippen LogP contribution in [0.2, 0.25) is 0 Å². The van der Waals surface area contributed by atoms with E-state index >= 15 is 0 Å². The van der Waals surface area contributed by atoms with Crippen molar-refractivity contribution < 1.29 is 19.1 Å². The number of ketones is 1. The zero-order chi connectivity index (χ0) is 18.5. The molecule has 0 radical (unpaired) electrons. The molecular weight excluding hydrogens is 332 g/mol. The first-order valence-corrected chi connectivity index (χ1v) is 9.16. The molecule has 1 aromatic rings. The van der Waals surface area contributed by atoms with Crippen molar-refractivity contribution in [3.8, 4) is 11.5 Å². The Hall–Kier alpha value is -2.34. The Kier molecular flexibility index (Phi) is 5.93. The van der Waals surface area contributed by atoms with E-state index in [1.54, 1.807) is 12.1 Å². The molecule has 1 fully saturated rings. The molecule has 0 bridgehead atoms. The third-order valence-corrected chi connectivity index (χ3v) is 5.07. The molecule has 6 heteroatoms. The van der Waals surface area contributed by atoms with Gasteiger partial charge >= 0.3 is 0 Å². The fourth-order valence-corrected chi connectivity index (χ4v) is 3.47. The molecule has 2 aliphatic rings. The lowest BCUT2D eigenvalue weighted by Crippen LogP contribution is -2.49. The van der Waals surface area contributed by atoms with Crippen LogP contribution in [-0.2, 0) is 4.79 Å². The van der Waals surface area contributed by atoms with Crippen molar-refractivity contribution in [2.24, 2.45) is 5.92 Å². The van der Waals surface area contributed by atoms with E-state index in [1.165, 1.54) is 0 Å². The average molecular weight is 358 g/mol. The van der Waals surface area contributed by atoms with Crippen LogP contribution < -0.4 is 14.8 Å². The highest BCUT2D eigenvalue weighted by Crippen LogP contribution is 2.32. The van der Waals surface area contributed by atoms with Crippen molar-refractivity contribution in [3.63, 3.8) is 0 Å². The van der Waals surface area contributed by atoms with Crippen molar-refractivity contribution >= 4 is 11.7 Å². The Morgan fingerprint density at radius 3 is 2.65 bits per heavy atom. The summed E-state index contributed by atoms with van der Waals surface area (Å²) in [6, 6.07) is 5.21. The summed E-state index contributed by atoms with van der Waals surface area (Å²) in [5, 5.41) is 2.83. The van der Waals surface area contributed by atoms with E-state index in [2.05, 4.69) is 16.8 Å². The summed E-state index contributed by atoms with van der Waals surface area (Å²) in [6.45, 7) is 8.51. The molecule has 1 atom stereocenters. The summed E-state index contributed by atoms with van der Waals surface area (Å²) < 4.78 is 11.1. The number of likely N-dealkylation sites (tertiary alicyclic amines) is 1.